The fourth-order valence-electron chi connectivity index (χ4n) is 2.27. The average molecular weight is 316 g/mol. The smallest absolute Gasteiger partial charge is 0.275 e. The molecule has 7 heteroatoms. The van der Waals surface area contributed by atoms with E-state index in [1.54, 1.807) is 23.0 Å². The molecule has 1 amide bonds. The summed E-state index contributed by atoms with van der Waals surface area (Å²) >= 11 is 0. The summed E-state index contributed by atoms with van der Waals surface area (Å²) in [5, 5.41) is 7.10. The van der Waals surface area contributed by atoms with Gasteiger partial charge in [-0.1, -0.05) is 20.8 Å². The molecule has 1 unspecified atom stereocenters. The van der Waals surface area contributed by atoms with Crippen LogP contribution in [0, 0.1) is 5.92 Å². The van der Waals surface area contributed by atoms with E-state index in [4.69, 9.17) is 5.73 Å². The molecule has 1 atom stereocenters. The highest BCUT2D eigenvalue weighted by Gasteiger charge is 2.15. The highest BCUT2D eigenvalue weighted by Crippen LogP contribution is 2.17. The fourth-order valence-corrected chi connectivity index (χ4v) is 2.27. The number of hydrogen-bond donors (Lipinski definition) is 2. The van der Waals surface area contributed by atoms with Crippen LogP contribution in [0.1, 0.15) is 56.3 Å². The monoisotopic (exact) mass is 316 g/mol. The Morgan fingerprint density at radius 1 is 1.35 bits per heavy atom. The molecule has 23 heavy (non-hydrogen) atoms. The minimum Gasteiger partial charge on any atom is -0.368 e. The summed E-state index contributed by atoms with van der Waals surface area (Å²) in [5.74, 6) is 0.872. The van der Waals surface area contributed by atoms with Crippen molar-refractivity contribution in [3.05, 3.63) is 29.7 Å². The van der Waals surface area contributed by atoms with Crippen molar-refractivity contribution in [1.29, 1.82) is 0 Å². The SMILES string of the molecule is CCC(C)n1nccc1NC(=O)c1cc(CC(C)C)nc(N)n1. The minimum atomic E-state index is -0.311. The number of anilines is 2. The second-order valence-corrected chi connectivity index (χ2v) is 6.07. The fraction of sp³-hybridized carbons (Fsp3) is 0.500. The Labute approximate surface area is 136 Å². The van der Waals surface area contributed by atoms with Crippen molar-refractivity contribution in [2.45, 2.75) is 46.6 Å². The lowest BCUT2D eigenvalue weighted by molar-refractivity contribution is 0.102. The largest absolute Gasteiger partial charge is 0.368 e. The third kappa shape index (κ3) is 4.28. The van der Waals surface area contributed by atoms with Gasteiger partial charge in [-0.25, -0.2) is 14.6 Å². The van der Waals surface area contributed by atoms with Gasteiger partial charge in [0.1, 0.15) is 11.5 Å². The second kappa shape index (κ2) is 7.21. The number of nitrogens with two attached hydrogens (primary N) is 1. The van der Waals surface area contributed by atoms with Gasteiger partial charge in [0.15, 0.2) is 0 Å². The summed E-state index contributed by atoms with van der Waals surface area (Å²) in [7, 11) is 0. The van der Waals surface area contributed by atoms with Crippen molar-refractivity contribution >= 4 is 17.7 Å². The number of nitrogen functional groups attached to an aromatic ring is 1. The Balaban J connectivity index is 2.21. The molecule has 2 aromatic heterocycles. The quantitative estimate of drug-likeness (QED) is 0.853. The average Bonchev–Trinajstić information content (AvgIpc) is 2.93. The summed E-state index contributed by atoms with van der Waals surface area (Å²) in [6.07, 6.45) is 3.33. The molecule has 0 aliphatic rings. The van der Waals surface area contributed by atoms with Crippen LogP contribution < -0.4 is 11.1 Å². The van der Waals surface area contributed by atoms with Gasteiger partial charge >= 0.3 is 0 Å². The molecule has 0 aromatic carbocycles. The van der Waals surface area contributed by atoms with Crippen molar-refractivity contribution < 1.29 is 4.79 Å². The van der Waals surface area contributed by atoms with Gasteiger partial charge in [0.25, 0.3) is 5.91 Å². The lowest BCUT2D eigenvalue weighted by Gasteiger charge is -2.14. The van der Waals surface area contributed by atoms with E-state index < -0.39 is 0 Å². The number of aromatic nitrogens is 4. The van der Waals surface area contributed by atoms with Crippen LogP contribution in [0.15, 0.2) is 18.3 Å². The molecular formula is C16H24N6O. The molecule has 0 aliphatic heterocycles. The first-order valence-corrected chi connectivity index (χ1v) is 7.89. The maximum Gasteiger partial charge on any atom is 0.275 e. The number of carbonyl (C=O) groups excluding carboxylic acids is 1. The van der Waals surface area contributed by atoms with Gasteiger partial charge in [-0.3, -0.25) is 4.79 Å². The van der Waals surface area contributed by atoms with Crippen LogP contribution in [0.4, 0.5) is 11.8 Å². The van der Waals surface area contributed by atoms with E-state index in [2.05, 4.69) is 41.2 Å². The van der Waals surface area contributed by atoms with Crippen LogP contribution in [0.25, 0.3) is 0 Å². The summed E-state index contributed by atoms with van der Waals surface area (Å²) in [4.78, 5) is 20.7. The zero-order valence-electron chi connectivity index (χ0n) is 14.1. The van der Waals surface area contributed by atoms with Gasteiger partial charge in [-0.05, 0) is 31.7 Å². The lowest BCUT2D eigenvalue weighted by Crippen LogP contribution is -2.19. The molecule has 7 nitrogen and oxygen atoms in total. The highest BCUT2D eigenvalue weighted by atomic mass is 16.2. The molecule has 0 saturated carbocycles. The van der Waals surface area contributed by atoms with Crippen LogP contribution in [-0.4, -0.2) is 25.7 Å². The molecule has 2 aromatic rings. The normalized spacial score (nSPS) is 12.4. The van der Waals surface area contributed by atoms with E-state index in [-0.39, 0.29) is 23.6 Å². The Hall–Kier alpha value is -2.44. The van der Waals surface area contributed by atoms with Gasteiger partial charge in [0, 0.05) is 11.8 Å². The molecule has 0 spiro atoms. The Morgan fingerprint density at radius 2 is 2.09 bits per heavy atom. The first kappa shape index (κ1) is 16.9. The summed E-state index contributed by atoms with van der Waals surface area (Å²) in [6, 6.07) is 3.66. The first-order valence-electron chi connectivity index (χ1n) is 7.89. The second-order valence-electron chi connectivity index (χ2n) is 6.07. The number of nitrogens with one attached hydrogen (secondary N) is 1. The van der Waals surface area contributed by atoms with Crippen LogP contribution in [0.5, 0.6) is 0 Å². The van der Waals surface area contributed by atoms with Crippen molar-refractivity contribution in [2.24, 2.45) is 5.92 Å². The standard InChI is InChI=1S/C16H24N6O/c1-5-11(4)22-14(6-7-18-22)21-15(23)13-9-12(8-10(2)3)19-16(17)20-13/h6-7,9-11H,5,8H2,1-4H3,(H,21,23)(H2,17,19,20). The number of amides is 1. The highest BCUT2D eigenvalue weighted by molar-refractivity contribution is 6.02. The molecule has 2 heterocycles. The summed E-state index contributed by atoms with van der Waals surface area (Å²) < 4.78 is 1.79. The zero-order valence-corrected chi connectivity index (χ0v) is 14.1. The van der Waals surface area contributed by atoms with E-state index in [1.807, 2.05) is 6.92 Å². The molecule has 3 N–H and O–H groups in total. The molecule has 2 rings (SSSR count). The van der Waals surface area contributed by atoms with Crippen molar-refractivity contribution in [2.75, 3.05) is 11.1 Å². The molecular weight excluding hydrogens is 292 g/mol. The number of hydrogen-bond acceptors (Lipinski definition) is 5. The van der Waals surface area contributed by atoms with E-state index in [1.165, 1.54) is 0 Å². The molecule has 0 fully saturated rings. The molecule has 0 saturated heterocycles. The van der Waals surface area contributed by atoms with Crippen LogP contribution in [-0.2, 0) is 6.42 Å². The van der Waals surface area contributed by atoms with Gasteiger partial charge < -0.3 is 11.1 Å². The number of nitrogens with zero attached hydrogens (tertiary/aromatic N) is 4. The van der Waals surface area contributed by atoms with Gasteiger partial charge in [-0.2, -0.15) is 5.10 Å². The summed E-state index contributed by atoms with van der Waals surface area (Å²) in [6.45, 7) is 8.29. The lowest BCUT2D eigenvalue weighted by atomic mass is 10.1. The van der Waals surface area contributed by atoms with Crippen molar-refractivity contribution in [1.82, 2.24) is 19.7 Å². The topological polar surface area (TPSA) is 98.7 Å². The third-order valence-corrected chi connectivity index (χ3v) is 3.57. The van der Waals surface area contributed by atoms with Crippen LogP contribution >= 0.6 is 0 Å². The predicted octanol–water partition coefficient (Wildman–Crippen LogP) is 2.68. The number of rotatable bonds is 6. The van der Waals surface area contributed by atoms with Crippen LogP contribution in [0.2, 0.25) is 0 Å². The van der Waals surface area contributed by atoms with E-state index in [0.717, 1.165) is 18.5 Å². The molecule has 0 aliphatic carbocycles. The predicted molar refractivity (Wildman–Crippen MR) is 90.2 cm³/mol. The maximum absolute atomic E-state index is 12.5. The first-order chi connectivity index (χ1) is 10.9. The summed E-state index contributed by atoms with van der Waals surface area (Å²) in [5.41, 5.74) is 6.77. The van der Waals surface area contributed by atoms with E-state index in [0.29, 0.717) is 11.7 Å². The van der Waals surface area contributed by atoms with E-state index in [9.17, 15) is 4.79 Å². The van der Waals surface area contributed by atoms with E-state index >= 15 is 0 Å². The molecule has 0 radical (unpaired) electrons. The van der Waals surface area contributed by atoms with Crippen molar-refractivity contribution in [3.63, 3.8) is 0 Å². The molecule has 124 valence electrons. The van der Waals surface area contributed by atoms with Gasteiger partial charge in [0.2, 0.25) is 5.95 Å². The third-order valence-electron chi connectivity index (χ3n) is 3.57. The number of carbonyl (C=O) groups is 1. The Bertz CT molecular complexity index is 679. The van der Waals surface area contributed by atoms with Gasteiger partial charge in [-0.15, -0.1) is 0 Å². The Morgan fingerprint density at radius 3 is 2.74 bits per heavy atom. The van der Waals surface area contributed by atoms with Crippen molar-refractivity contribution in [3.8, 4) is 0 Å². The maximum atomic E-state index is 12.5. The zero-order chi connectivity index (χ0) is 17.0. The minimum absolute atomic E-state index is 0.115. The van der Waals surface area contributed by atoms with Crippen LogP contribution in [0.3, 0.4) is 0 Å². The molecule has 0 bridgehead atoms. The van der Waals surface area contributed by atoms with Gasteiger partial charge in [0.05, 0.1) is 12.2 Å². The Kier molecular flexibility index (Phi) is 5.31.